The minimum absolute atomic E-state index is 0.0128. The Morgan fingerprint density at radius 3 is 2.58 bits per heavy atom. The Morgan fingerprint density at radius 1 is 1.09 bits per heavy atom. The fourth-order valence-electron chi connectivity index (χ4n) is 5.10. The van der Waals surface area contributed by atoms with Crippen molar-refractivity contribution in [1.82, 2.24) is 15.1 Å². The van der Waals surface area contributed by atoms with Gasteiger partial charge in [0, 0.05) is 43.6 Å². The van der Waals surface area contributed by atoms with Gasteiger partial charge in [0.15, 0.2) is 0 Å². The molecule has 0 unspecified atom stereocenters. The van der Waals surface area contributed by atoms with E-state index < -0.39 is 0 Å². The van der Waals surface area contributed by atoms with Crippen LogP contribution in [-0.2, 0) is 14.4 Å². The topological polar surface area (TPSA) is 69.7 Å². The van der Waals surface area contributed by atoms with Gasteiger partial charge in [0.25, 0.3) is 0 Å². The molecule has 3 amide bonds. The maximum Gasteiger partial charge on any atom is 0.245 e. The summed E-state index contributed by atoms with van der Waals surface area (Å²) in [6.07, 6.45) is 9.61. The van der Waals surface area contributed by atoms with E-state index in [0.717, 1.165) is 6.42 Å². The van der Waals surface area contributed by atoms with Gasteiger partial charge in [-0.3, -0.25) is 14.4 Å². The predicted octanol–water partition coefficient (Wildman–Crippen LogP) is 3.51. The van der Waals surface area contributed by atoms with Crippen LogP contribution in [0.4, 0.5) is 4.39 Å². The molecular weight excluding hydrogens is 421 g/mol. The van der Waals surface area contributed by atoms with Gasteiger partial charge in [0.1, 0.15) is 11.9 Å². The van der Waals surface area contributed by atoms with E-state index in [1.54, 1.807) is 17.0 Å². The largest absolute Gasteiger partial charge is 0.341 e. The van der Waals surface area contributed by atoms with Gasteiger partial charge in [-0.15, -0.1) is 0 Å². The van der Waals surface area contributed by atoms with E-state index in [2.05, 4.69) is 5.32 Å². The Balaban J connectivity index is 1.31. The molecule has 0 aromatic heterocycles. The minimum atomic E-state index is -0.351. The fourth-order valence-corrected chi connectivity index (χ4v) is 5.10. The molecule has 2 heterocycles. The van der Waals surface area contributed by atoms with Gasteiger partial charge in [0.2, 0.25) is 17.7 Å². The molecule has 0 radical (unpaired) electrons. The van der Waals surface area contributed by atoms with Crippen molar-refractivity contribution < 1.29 is 18.8 Å². The number of carbonyl (C=O) groups excluding carboxylic acids is 3. The first-order chi connectivity index (χ1) is 16.0. The molecule has 0 spiro atoms. The number of rotatable bonds is 5. The van der Waals surface area contributed by atoms with E-state index in [4.69, 9.17) is 0 Å². The van der Waals surface area contributed by atoms with Gasteiger partial charge >= 0.3 is 0 Å². The third kappa shape index (κ3) is 5.18. The lowest BCUT2D eigenvalue weighted by atomic mass is 9.90. The molecule has 1 aromatic carbocycles. The van der Waals surface area contributed by atoms with Crippen LogP contribution in [0.1, 0.15) is 56.9 Å². The molecule has 7 heteroatoms. The summed E-state index contributed by atoms with van der Waals surface area (Å²) >= 11 is 0. The number of carbonyl (C=O) groups is 3. The second-order valence-corrected chi connectivity index (χ2v) is 9.08. The number of allylic oxidation sites excluding steroid dienone is 3. The Bertz CT molecular complexity index is 965. The molecule has 33 heavy (non-hydrogen) atoms. The average molecular weight is 454 g/mol. The first-order valence-electron chi connectivity index (χ1n) is 12.0. The van der Waals surface area contributed by atoms with Crippen LogP contribution in [0.25, 0.3) is 0 Å². The number of piperidine rings is 1. The van der Waals surface area contributed by atoms with E-state index in [9.17, 15) is 18.8 Å². The lowest BCUT2D eigenvalue weighted by Crippen LogP contribution is -2.51. The zero-order chi connectivity index (χ0) is 23.4. The summed E-state index contributed by atoms with van der Waals surface area (Å²) in [5, 5.41) is 2.99. The normalized spacial score (nSPS) is 23.4. The van der Waals surface area contributed by atoms with Crippen molar-refractivity contribution in [2.45, 2.75) is 57.4 Å². The van der Waals surface area contributed by atoms with Crippen LogP contribution in [0.3, 0.4) is 0 Å². The highest BCUT2D eigenvalue weighted by Crippen LogP contribution is 2.29. The summed E-state index contributed by atoms with van der Waals surface area (Å²) in [5.74, 6) is -0.532. The third-order valence-electron chi connectivity index (χ3n) is 6.98. The van der Waals surface area contributed by atoms with E-state index in [-0.39, 0.29) is 41.4 Å². The number of halogens is 1. The van der Waals surface area contributed by atoms with Crippen molar-refractivity contribution in [2.75, 3.05) is 19.6 Å². The third-order valence-corrected chi connectivity index (χ3v) is 6.98. The van der Waals surface area contributed by atoms with Crippen LogP contribution >= 0.6 is 0 Å². The molecule has 0 saturated carbocycles. The molecule has 1 aromatic rings. The van der Waals surface area contributed by atoms with Crippen LogP contribution in [0, 0.1) is 11.7 Å². The molecule has 2 aliphatic heterocycles. The van der Waals surface area contributed by atoms with Crippen LogP contribution in [-0.4, -0.2) is 53.2 Å². The zero-order valence-corrected chi connectivity index (χ0v) is 19.1. The van der Waals surface area contributed by atoms with Crippen molar-refractivity contribution in [3.8, 4) is 0 Å². The Morgan fingerprint density at radius 2 is 1.85 bits per heavy atom. The van der Waals surface area contributed by atoms with Crippen molar-refractivity contribution >= 4 is 17.7 Å². The summed E-state index contributed by atoms with van der Waals surface area (Å²) in [7, 11) is 0. The average Bonchev–Trinajstić information content (AvgIpc) is 3.33. The first kappa shape index (κ1) is 23.2. The number of nitrogens with zero attached hydrogens (tertiary/aromatic N) is 2. The number of nitrogens with one attached hydrogen (secondary N) is 1. The summed E-state index contributed by atoms with van der Waals surface area (Å²) < 4.78 is 14.2. The number of benzene rings is 1. The van der Waals surface area contributed by atoms with Crippen molar-refractivity contribution in [1.29, 1.82) is 0 Å². The molecular formula is C26H32FN3O3. The smallest absolute Gasteiger partial charge is 0.245 e. The zero-order valence-electron chi connectivity index (χ0n) is 19.1. The summed E-state index contributed by atoms with van der Waals surface area (Å²) in [4.78, 5) is 41.6. The van der Waals surface area contributed by atoms with Crippen molar-refractivity contribution in [3.63, 3.8) is 0 Å². The van der Waals surface area contributed by atoms with Gasteiger partial charge in [-0.2, -0.15) is 0 Å². The standard InChI is InChI=1S/C26H32FN3O3/c1-2-24(31)30-14-6-11-23(30)26(33)29-15-12-18(13-16-29)25(32)28-20-8-5-7-19(17-20)21-9-3-4-10-22(21)27/h3-5,8-10,17-19,23H,2,6-7,11-16H2,1H3,(H,28,32)/t19-,23-/m1/s1. The van der Waals surface area contributed by atoms with E-state index in [1.165, 1.54) is 6.07 Å². The molecule has 6 nitrogen and oxygen atoms in total. The van der Waals surface area contributed by atoms with Gasteiger partial charge in [-0.25, -0.2) is 4.39 Å². The maximum atomic E-state index is 14.2. The quantitative estimate of drug-likeness (QED) is 0.742. The van der Waals surface area contributed by atoms with Gasteiger partial charge in [-0.05, 0) is 49.8 Å². The Kier molecular flexibility index (Phi) is 7.26. The predicted molar refractivity (Wildman–Crippen MR) is 123 cm³/mol. The van der Waals surface area contributed by atoms with Crippen LogP contribution in [0.5, 0.6) is 0 Å². The lowest BCUT2D eigenvalue weighted by molar-refractivity contribution is -0.145. The Hall–Kier alpha value is -2.96. The maximum absolute atomic E-state index is 14.2. The summed E-state index contributed by atoms with van der Waals surface area (Å²) in [5.41, 5.74) is 1.32. The SMILES string of the molecule is CCC(=O)N1CCC[C@@H]1C(=O)N1CCC(C(=O)NC2=C[C@H](c3ccccc3F)CC=C2)CC1. The molecule has 2 fully saturated rings. The van der Waals surface area contributed by atoms with Crippen molar-refractivity contribution in [2.24, 2.45) is 5.92 Å². The second-order valence-electron chi connectivity index (χ2n) is 9.08. The second kappa shape index (κ2) is 10.3. The number of amides is 3. The number of hydrogen-bond acceptors (Lipinski definition) is 3. The fraction of sp³-hybridized carbons (Fsp3) is 0.500. The monoisotopic (exact) mass is 453 g/mol. The molecule has 176 valence electrons. The highest BCUT2D eigenvalue weighted by molar-refractivity contribution is 5.88. The first-order valence-corrected chi connectivity index (χ1v) is 12.0. The molecule has 1 aliphatic carbocycles. The molecule has 1 N–H and O–H groups in total. The summed E-state index contributed by atoms with van der Waals surface area (Å²) in [6.45, 7) is 3.52. The van der Waals surface area contributed by atoms with Crippen molar-refractivity contribution in [3.05, 3.63) is 59.6 Å². The van der Waals surface area contributed by atoms with Gasteiger partial charge < -0.3 is 15.1 Å². The molecule has 0 bridgehead atoms. The molecule has 2 saturated heterocycles. The van der Waals surface area contributed by atoms with Crippen LogP contribution < -0.4 is 5.32 Å². The van der Waals surface area contributed by atoms with E-state index >= 15 is 0 Å². The van der Waals surface area contributed by atoms with Crippen LogP contribution in [0.2, 0.25) is 0 Å². The van der Waals surface area contributed by atoms with Gasteiger partial charge in [-0.1, -0.05) is 37.3 Å². The summed E-state index contributed by atoms with van der Waals surface area (Å²) in [6, 6.07) is 6.38. The Labute approximate surface area is 194 Å². The number of hydrogen-bond donors (Lipinski definition) is 1. The molecule has 3 aliphatic rings. The molecule has 4 rings (SSSR count). The van der Waals surface area contributed by atoms with Crippen LogP contribution in [0.15, 0.2) is 48.2 Å². The highest BCUT2D eigenvalue weighted by atomic mass is 19.1. The lowest BCUT2D eigenvalue weighted by Gasteiger charge is -2.35. The van der Waals surface area contributed by atoms with E-state index in [1.807, 2.05) is 36.1 Å². The van der Waals surface area contributed by atoms with Gasteiger partial charge in [0.05, 0.1) is 0 Å². The minimum Gasteiger partial charge on any atom is -0.341 e. The van der Waals surface area contributed by atoms with E-state index in [0.29, 0.717) is 63.0 Å². The highest BCUT2D eigenvalue weighted by Gasteiger charge is 2.37. The number of likely N-dealkylation sites (tertiary alicyclic amines) is 2. The molecule has 2 atom stereocenters.